The Morgan fingerprint density at radius 1 is 0.525 bits per heavy atom. The van der Waals surface area contributed by atoms with Crippen molar-refractivity contribution in [3.05, 3.63) is 71.0 Å². The van der Waals surface area contributed by atoms with Crippen molar-refractivity contribution in [3.63, 3.8) is 0 Å². The Morgan fingerprint density at radius 3 is 1.38 bits per heavy atom. The molecule has 0 saturated carbocycles. The minimum atomic E-state index is 0.741. The van der Waals surface area contributed by atoms with Gasteiger partial charge in [0, 0.05) is 96.9 Å². The molecule has 4 aromatic rings. The highest BCUT2D eigenvalue weighted by atomic mass is 35.5. The SMILES string of the molecule is Clc1ccc2c(N3CCN(CCCCCCN4CCN(c5ccnc6cc(Cl)ccc56)CC4)CC3)ccnc2c1. The largest absolute Gasteiger partial charge is 0.368 e. The molecular weight excluding hydrogens is 539 g/mol. The van der Waals surface area contributed by atoms with Crippen molar-refractivity contribution >= 4 is 56.4 Å². The Morgan fingerprint density at radius 2 is 0.950 bits per heavy atom. The van der Waals surface area contributed by atoms with Crippen LogP contribution in [0.2, 0.25) is 10.0 Å². The Labute approximate surface area is 247 Å². The van der Waals surface area contributed by atoms with Gasteiger partial charge in [-0.2, -0.15) is 0 Å². The van der Waals surface area contributed by atoms with Crippen LogP contribution in [-0.4, -0.2) is 85.2 Å². The van der Waals surface area contributed by atoms with Crippen LogP contribution in [0.1, 0.15) is 25.7 Å². The van der Waals surface area contributed by atoms with E-state index in [1.807, 2.05) is 36.7 Å². The van der Waals surface area contributed by atoms with Crippen LogP contribution in [0.5, 0.6) is 0 Å². The van der Waals surface area contributed by atoms with E-state index in [0.29, 0.717) is 0 Å². The number of unbranched alkanes of at least 4 members (excludes halogenated alkanes) is 3. The molecule has 0 amide bonds. The molecule has 6 rings (SSSR count). The van der Waals surface area contributed by atoms with Crippen molar-refractivity contribution in [2.75, 3.05) is 75.2 Å². The van der Waals surface area contributed by atoms with Gasteiger partial charge in [0.05, 0.1) is 11.0 Å². The quantitative estimate of drug-likeness (QED) is 0.209. The molecule has 2 aromatic carbocycles. The van der Waals surface area contributed by atoms with Crippen LogP contribution in [0, 0.1) is 0 Å². The lowest BCUT2D eigenvalue weighted by molar-refractivity contribution is 0.242. The van der Waals surface area contributed by atoms with Crippen LogP contribution in [-0.2, 0) is 0 Å². The van der Waals surface area contributed by atoms with Crippen LogP contribution in [0.15, 0.2) is 60.9 Å². The summed E-state index contributed by atoms with van der Waals surface area (Å²) in [5.74, 6) is 0. The molecule has 0 N–H and O–H groups in total. The van der Waals surface area contributed by atoms with Crippen molar-refractivity contribution in [2.45, 2.75) is 25.7 Å². The third-order valence-corrected chi connectivity index (χ3v) is 8.96. The molecule has 8 heteroatoms. The molecule has 0 atom stereocenters. The highest BCUT2D eigenvalue weighted by Crippen LogP contribution is 2.29. The maximum absolute atomic E-state index is 6.17. The highest BCUT2D eigenvalue weighted by molar-refractivity contribution is 6.31. The summed E-state index contributed by atoms with van der Waals surface area (Å²) in [5, 5.41) is 3.87. The maximum atomic E-state index is 6.17. The van der Waals surface area contributed by atoms with Gasteiger partial charge in [0.25, 0.3) is 0 Å². The first kappa shape index (κ1) is 27.5. The fourth-order valence-electron chi connectivity index (χ4n) is 6.21. The van der Waals surface area contributed by atoms with Gasteiger partial charge in [-0.3, -0.25) is 19.8 Å². The van der Waals surface area contributed by atoms with Gasteiger partial charge in [0.15, 0.2) is 0 Å². The summed E-state index contributed by atoms with van der Waals surface area (Å²) in [4.78, 5) is 19.3. The predicted octanol–water partition coefficient (Wildman–Crippen LogP) is 6.59. The predicted molar refractivity (Wildman–Crippen MR) is 169 cm³/mol. The van der Waals surface area contributed by atoms with Gasteiger partial charge in [-0.1, -0.05) is 36.0 Å². The average Bonchev–Trinajstić information content (AvgIpc) is 2.98. The van der Waals surface area contributed by atoms with Gasteiger partial charge < -0.3 is 9.80 Å². The van der Waals surface area contributed by atoms with Crippen LogP contribution >= 0.6 is 23.2 Å². The first-order chi connectivity index (χ1) is 19.6. The molecule has 2 aliphatic rings. The lowest BCUT2D eigenvalue weighted by Crippen LogP contribution is -2.46. The number of rotatable bonds is 9. The number of nitrogens with zero attached hydrogens (tertiary/aromatic N) is 6. The summed E-state index contributed by atoms with van der Waals surface area (Å²) in [6.07, 6.45) is 9.04. The number of aromatic nitrogens is 2. The zero-order chi connectivity index (χ0) is 27.3. The van der Waals surface area contributed by atoms with E-state index in [0.717, 1.165) is 73.4 Å². The lowest BCUT2D eigenvalue weighted by Gasteiger charge is -2.37. The smallest absolute Gasteiger partial charge is 0.0737 e. The van der Waals surface area contributed by atoms with Crippen LogP contribution < -0.4 is 9.80 Å². The number of anilines is 2. The molecular formula is C32H38Cl2N6. The van der Waals surface area contributed by atoms with Gasteiger partial charge in [-0.25, -0.2) is 0 Å². The summed E-state index contributed by atoms with van der Waals surface area (Å²) >= 11 is 12.3. The molecule has 2 fully saturated rings. The van der Waals surface area contributed by atoms with Crippen molar-refractivity contribution in [3.8, 4) is 0 Å². The van der Waals surface area contributed by atoms with E-state index in [-0.39, 0.29) is 0 Å². The fourth-order valence-corrected chi connectivity index (χ4v) is 6.55. The first-order valence-corrected chi connectivity index (χ1v) is 15.4. The van der Waals surface area contributed by atoms with Crippen LogP contribution in [0.3, 0.4) is 0 Å². The van der Waals surface area contributed by atoms with E-state index in [1.165, 1.54) is 60.9 Å². The minimum absolute atomic E-state index is 0.741. The summed E-state index contributed by atoms with van der Waals surface area (Å²) in [7, 11) is 0. The van der Waals surface area contributed by atoms with Crippen molar-refractivity contribution in [1.29, 1.82) is 0 Å². The number of piperazine rings is 2. The Balaban J connectivity index is 0.871. The molecule has 2 aliphatic heterocycles. The topological polar surface area (TPSA) is 38.7 Å². The summed E-state index contributed by atoms with van der Waals surface area (Å²) in [5.41, 5.74) is 4.51. The number of pyridine rings is 2. The zero-order valence-electron chi connectivity index (χ0n) is 23.1. The Bertz CT molecular complexity index is 1320. The van der Waals surface area contributed by atoms with Crippen molar-refractivity contribution in [1.82, 2.24) is 19.8 Å². The maximum Gasteiger partial charge on any atom is 0.0737 e. The van der Waals surface area contributed by atoms with E-state index in [1.54, 1.807) is 0 Å². The number of hydrogen-bond acceptors (Lipinski definition) is 6. The van der Waals surface area contributed by atoms with E-state index >= 15 is 0 Å². The molecule has 0 aliphatic carbocycles. The lowest BCUT2D eigenvalue weighted by atomic mass is 10.1. The molecule has 6 nitrogen and oxygen atoms in total. The van der Waals surface area contributed by atoms with Gasteiger partial charge >= 0.3 is 0 Å². The Hall–Kier alpha value is -2.64. The molecule has 0 unspecified atom stereocenters. The molecule has 0 bridgehead atoms. The second kappa shape index (κ2) is 12.9. The summed E-state index contributed by atoms with van der Waals surface area (Å²) in [6.45, 7) is 11.2. The van der Waals surface area contributed by atoms with Crippen LogP contribution in [0.4, 0.5) is 11.4 Å². The summed E-state index contributed by atoms with van der Waals surface area (Å²) in [6, 6.07) is 16.3. The van der Waals surface area contributed by atoms with Crippen LogP contribution in [0.25, 0.3) is 21.8 Å². The van der Waals surface area contributed by atoms with Gasteiger partial charge in [0.2, 0.25) is 0 Å². The first-order valence-electron chi connectivity index (χ1n) is 14.7. The third kappa shape index (κ3) is 6.46. The Kier molecular flexibility index (Phi) is 8.88. The molecule has 0 spiro atoms. The van der Waals surface area contributed by atoms with E-state index in [2.05, 4.69) is 53.8 Å². The minimum Gasteiger partial charge on any atom is -0.368 e. The van der Waals surface area contributed by atoms with E-state index in [4.69, 9.17) is 23.2 Å². The number of benzene rings is 2. The van der Waals surface area contributed by atoms with E-state index in [9.17, 15) is 0 Å². The second-order valence-electron chi connectivity index (χ2n) is 11.1. The zero-order valence-corrected chi connectivity index (χ0v) is 24.6. The standard InChI is InChI=1S/C32H38Cl2N6/c33-25-5-7-27-29(23-25)35-11-9-31(27)39-19-15-37(16-20-39)13-3-1-2-4-14-38-17-21-40(22-18-38)32-10-12-36-30-24-26(34)6-8-28(30)32/h5-12,23-24H,1-4,13-22H2. The van der Waals surface area contributed by atoms with Crippen molar-refractivity contribution < 1.29 is 0 Å². The molecule has 2 aromatic heterocycles. The normalized spacial score (nSPS) is 17.2. The highest BCUT2D eigenvalue weighted by Gasteiger charge is 2.20. The second-order valence-corrected chi connectivity index (χ2v) is 11.9. The monoisotopic (exact) mass is 576 g/mol. The fraction of sp³-hybridized carbons (Fsp3) is 0.438. The van der Waals surface area contributed by atoms with E-state index < -0.39 is 0 Å². The number of halogens is 2. The molecule has 2 saturated heterocycles. The van der Waals surface area contributed by atoms with Gasteiger partial charge in [-0.05, 0) is 74.5 Å². The third-order valence-electron chi connectivity index (χ3n) is 8.49. The molecule has 210 valence electrons. The summed E-state index contributed by atoms with van der Waals surface area (Å²) < 4.78 is 0. The number of fused-ring (bicyclic) bond motifs is 2. The van der Waals surface area contributed by atoms with Crippen molar-refractivity contribution in [2.24, 2.45) is 0 Å². The molecule has 0 radical (unpaired) electrons. The molecule has 40 heavy (non-hydrogen) atoms. The molecule has 4 heterocycles. The number of hydrogen-bond donors (Lipinski definition) is 0. The average molecular weight is 578 g/mol. The van der Waals surface area contributed by atoms with Gasteiger partial charge in [0.1, 0.15) is 0 Å². The van der Waals surface area contributed by atoms with Gasteiger partial charge in [-0.15, -0.1) is 0 Å².